The first-order valence-electron chi connectivity index (χ1n) is 8.17. The van der Waals surface area contributed by atoms with Crippen molar-refractivity contribution in [1.82, 2.24) is 10.3 Å². The average molecular weight is 338 g/mol. The molecule has 0 fully saturated rings. The second kappa shape index (κ2) is 7.75. The van der Waals surface area contributed by atoms with Crippen molar-refractivity contribution in [2.75, 3.05) is 0 Å². The summed E-state index contributed by atoms with van der Waals surface area (Å²) in [5.41, 5.74) is 1.86. The van der Waals surface area contributed by atoms with E-state index in [2.05, 4.69) is 10.3 Å². The van der Waals surface area contributed by atoms with E-state index >= 15 is 0 Å². The summed E-state index contributed by atoms with van der Waals surface area (Å²) in [6.45, 7) is 1.82. The molecule has 0 bridgehead atoms. The summed E-state index contributed by atoms with van der Waals surface area (Å²) in [7, 11) is 0. The molecule has 0 radical (unpaired) electrons. The number of carbonyl (C=O) groups is 1. The Morgan fingerprint density at radius 2 is 1.88 bits per heavy atom. The summed E-state index contributed by atoms with van der Waals surface area (Å²) in [5.74, 6) is 0.605. The number of hydrogen-bond acceptors (Lipinski definition) is 3. The van der Waals surface area contributed by atoms with E-state index in [0.29, 0.717) is 24.5 Å². The maximum Gasteiger partial charge on any atom is 0.220 e. The van der Waals surface area contributed by atoms with Crippen LogP contribution in [0.15, 0.2) is 65.2 Å². The molecule has 0 saturated carbocycles. The molecule has 3 rings (SSSR count). The molecule has 25 heavy (non-hydrogen) atoms. The van der Waals surface area contributed by atoms with Crippen LogP contribution in [0.4, 0.5) is 4.39 Å². The first kappa shape index (κ1) is 16.9. The van der Waals surface area contributed by atoms with Crippen LogP contribution in [0.1, 0.15) is 30.8 Å². The van der Waals surface area contributed by atoms with Crippen LogP contribution in [-0.2, 0) is 11.2 Å². The molecule has 1 aromatic heterocycles. The molecule has 4 nitrogen and oxygen atoms in total. The standard InChI is InChI=1S/C20H19FN2O2/c1-14(23-19(24)12-7-15-5-3-2-4-6-15)20-22-13-18(25-20)16-8-10-17(21)11-9-16/h2-6,8-11,13-14H,7,12H2,1H3,(H,23,24). The third kappa shape index (κ3) is 4.53. The molecule has 5 heteroatoms. The molecule has 0 aliphatic carbocycles. The summed E-state index contributed by atoms with van der Waals surface area (Å²) in [4.78, 5) is 16.3. The van der Waals surface area contributed by atoms with Gasteiger partial charge in [0.2, 0.25) is 11.8 Å². The van der Waals surface area contributed by atoms with Crippen molar-refractivity contribution in [2.24, 2.45) is 0 Å². The van der Waals surface area contributed by atoms with Crippen molar-refractivity contribution in [3.8, 4) is 11.3 Å². The second-order valence-electron chi connectivity index (χ2n) is 5.84. The van der Waals surface area contributed by atoms with Crippen molar-refractivity contribution in [1.29, 1.82) is 0 Å². The number of amides is 1. The topological polar surface area (TPSA) is 55.1 Å². The van der Waals surface area contributed by atoms with Gasteiger partial charge in [0, 0.05) is 12.0 Å². The Kier molecular flexibility index (Phi) is 5.23. The van der Waals surface area contributed by atoms with E-state index in [1.54, 1.807) is 18.3 Å². The fraction of sp³-hybridized carbons (Fsp3) is 0.200. The van der Waals surface area contributed by atoms with Gasteiger partial charge < -0.3 is 9.73 Å². The molecule has 2 aromatic carbocycles. The molecular formula is C20H19FN2O2. The summed E-state index contributed by atoms with van der Waals surface area (Å²) < 4.78 is 18.7. The summed E-state index contributed by atoms with van der Waals surface area (Å²) in [6, 6.07) is 15.5. The fourth-order valence-electron chi connectivity index (χ4n) is 2.51. The molecule has 128 valence electrons. The van der Waals surface area contributed by atoms with Gasteiger partial charge in [0.15, 0.2) is 5.76 Å². The zero-order valence-electron chi connectivity index (χ0n) is 13.9. The molecule has 1 amide bonds. The number of rotatable bonds is 6. The van der Waals surface area contributed by atoms with Gasteiger partial charge in [0.05, 0.1) is 6.20 Å². The minimum Gasteiger partial charge on any atom is -0.438 e. The van der Waals surface area contributed by atoms with E-state index in [4.69, 9.17) is 4.42 Å². The SMILES string of the molecule is CC(NC(=O)CCc1ccccc1)c1ncc(-c2ccc(F)cc2)o1. The number of benzene rings is 2. The Balaban J connectivity index is 1.57. The average Bonchev–Trinajstić information content (AvgIpc) is 3.12. The van der Waals surface area contributed by atoms with E-state index in [-0.39, 0.29) is 17.8 Å². The Morgan fingerprint density at radius 1 is 1.16 bits per heavy atom. The van der Waals surface area contributed by atoms with Crippen molar-refractivity contribution >= 4 is 5.91 Å². The number of halogens is 1. The maximum absolute atomic E-state index is 13.0. The number of carbonyl (C=O) groups excluding carboxylic acids is 1. The molecule has 0 aliphatic rings. The van der Waals surface area contributed by atoms with Crippen molar-refractivity contribution in [3.63, 3.8) is 0 Å². The van der Waals surface area contributed by atoms with Gasteiger partial charge >= 0.3 is 0 Å². The van der Waals surface area contributed by atoms with E-state index in [9.17, 15) is 9.18 Å². The first-order chi connectivity index (χ1) is 12.1. The van der Waals surface area contributed by atoms with Crippen molar-refractivity contribution < 1.29 is 13.6 Å². The lowest BCUT2D eigenvalue weighted by Gasteiger charge is -2.10. The van der Waals surface area contributed by atoms with Crippen LogP contribution in [0.5, 0.6) is 0 Å². The Labute approximate surface area is 145 Å². The highest BCUT2D eigenvalue weighted by atomic mass is 19.1. The second-order valence-corrected chi connectivity index (χ2v) is 5.84. The smallest absolute Gasteiger partial charge is 0.220 e. The van der Waals surface area contributed by atoms with E-state index in [1.165, 1.54) is 12.1 Å². The van der Waals surface area contributed by atoms with Crippen LogP contribution >= 0.6 is 0 Å². The van der Waals surface area contributed by atoms with Crippen molar-refractivity contribution in [2.45, 2.75) is 25.8 Å². The van der Waals surface area contributed by atoms with Crippen LogP contribution in [0.25, 0.3) is 11.3 Å². The van der Waals surface area contributed by atoms with Gasteiger partial charge in [-0.2, -0.15) is 0 Å². The number of aromatic nitrogens is 1. The molecule has 0 saturated heterocycles. The molecule has 0 spiro atoms. The van der Waals surface area contributed by atoms with Gasteiger partial charge in [-0.3, -0.25) is 4.79 Å². The van der Waals surface area contributed by atoms with Gasteiger partial charge in [-0.1, -0.05) is 30.3 Å². The fourth-order valence-corrected chi connectivity index (χ4v) is 2.51. The van der Waals surface area contributed by atoms with E-state index in [1.807, 2.05) is 37.3 Å². The first-order valence-corrected chi connectivity index (χ1v) is 8.17. The van der Waals surface area contributed by atoms with Crippen LogP contribution in [-0.4, -0.2) is 10.9 Å². The van der Waals surface area contributed by atoms with Crippen molar-refractivity contribution in [3.05, 3.63) is 78.1 Å². The lowest BCUT2D eigenvalue weighted by Crippen LogP contribution is -2.27. The highest BCUT2D eigenvalue weighted by molar-refractivity contribution is 5.76. The lowest BCUT2D eigenvalue weighted by atomic mass is 10.1. The monoisotopic (exact) mass is 338 g/mol. The lowest BCUT2D eigenvalue weighted by molar-refractivity contribution is -0.121. The number of oxazole rings is 1. The Bertz CT molecular complexity index is 828. The van der Waals surface area contributed by atoms with Gasteiger partial charge in [-0.25, -0.2) is 9.37 Å². The third-order valence-electron chi connectivity index (χ3n) is 3.88. The molecule has 1 N–H and O–H groups in total. The summed E-state index contributed by atoms with van der Waals surface area (Å²) in [6.07, 6.45) is 2.67. The number of nitrogens with one attached hydrogen (secondary N) is 1. The van der Waals surface area contributed by atoms with Gasteiger partial charge in [-0.15, -0.1) is 0 Å². The van der Waals surface area contributed by atoms with Crippen LogP contribution < -0.4 is 5.32 Å². The van der Waals surface area contributed by atoms with Gasteiger partial charge in [-0.05, 0) is 43.2 Å². The quantitative estimate of drug-likeness (QED) is 0.729. The maximum atomic E-state index is 13.0. The minimum absolute atomic E-state index is 0.0575. The highest BCUT2D eigenvalue weighted by Crippen LogP contribution is 2.23. The van der Waals surface area contributed by atoms with Crippen LogP contribution in [0.3, 0.4) is 0 Å². The van der Waals surface area contributed by atoms with Gasteiger partial charge in [0.1, 0.15) is 11.9 Å². The zero-order chi connectivity index (χ0) is 17.6. The number of nitrogens with zero attached hydrogens (tertiary/aromatic N) is 1. The van der Waals surface area contributed by atoms with E-state index in [0.717, 1.165) is 11.1 Å². The molecule has 1 unspecified atom stereocenters. The van der Waals surface area contributed by atoms with Gasteiger partial charge in [0.25, 0.3) is 0 Å². The normalized spacial score (nSPS) is 11.9. The predicted octanol–water partition coefficient (Wildman–Crippen LogP) is 4.29. The predicted molar refractivity (Wildman–Crippen MR) is 93.2 cm³/mol. The molecule has 1 heterocycles. The Morgan fingerprint density at radius 3 is 2.60 bits per heavy atom. The number of hydrogen-bond donors (Lipinski definition) is 1. The largest absolute Gasteiger partial charge is 0.438 e. The zero-order valence-corrected chi connectivity index (χ0v) is 13.9. The third-order valence-corrected chi connectivity index (χ3v) is 3.88. The molecular weight excluding hydrogens is 319 g/mol. The highest BCUT2D eigenvalue weighted by Gasteiger charge is 2.15. The van der Waals surface area contributed by atoms with E-state index < -0.39 is 0 Å². The van der Waals surface area contributed by atoms with Crippen LogP contribution in [0, 0.1) is 5.82 Å². The summed E-state index contributed by atoms with van der Waals surface area (Å²) >= 11 is 0. The molecule has 3 aromatic rings. The summed E-state index contributed by atoms with van der Waals surface area (Å²) in [5, 5.41) is 2.89. The minimum atomic E-state index is -0.336. The number of aryl methyl sites for hydroxylation is 1. The Hall–Kier alpha value is -2.95. The molecule has 1 atom stereocenters. The molecule has 0 aliphatic heterocycles. The van der Waals surface area contributed by atoms with Crippen LogP contribution in [0.2, 0.25) is 0 Å².